The van der Waals surface area contributed by atoms with E-state index >= 15 is 0 Å². The zero-order chi connectivity index (χ0) is 18.8. The molecule has 134 valence electrons. The van der Waals surface area contributed by atoms with Crippen LogP contribution in [0, 0.1) is 0 Å². The SMILES string of the molecule is COC(=O)c1ccc(Nc2cc(C(C)(C)C)cc(C(C)(C)C)c2)cc1. The highest BCUT2D eigenvalue weighted by molar-refractivity contribution is 5.89. The van der Waals surface area contributed by atoms with Crippen LogP contribution in [0.15, 0.2) is 42.5 Å². The molecule has 3 nitrogen and oxygen atoms in total. The zero-order valence-corrected chi connectivity index (χ0v) is 16.4. The van der Waals surface area contributed by atoms with E-state index in [0.717, 1.165) is 11.4 Å². The molecule has 1 N–H and O–H groups in total. The van der Waals surface area contributed by atoms with Crippen LogP contribution in [0.4, 0.5) is 11.4 Å². The molecule has 0 bridgehead atoms. The minimum Gasteiger partial charge on any atom is -0.465 e. The van der Waals surface area contributed by atoms with Crippen molar-refractivity contribution in [2.24, 2.45) is 0 Å². The van der Waals surface area contributed by atoms with Crippen molar-refractivity contribution in [1.29, 1.82) is 0 Å². The quantitative estimate of drug-likeness (QED) is 0.717. The Bertz CT molecular complexity index is 715. The van der Waals surface area contributed by atoms with Crippen molar-refractivity contribution >= 4 is 17.3 Å². The van der Waals surface area contributed by atoms with Gasteiger partial charge in [0, 0.05) is 11.4 Å². The van der Waals surface area contributed by atoms with Crippen LogP contribution in [-0.4, -0.2) is 13.1 Å². The van der Waals surface area contributed by atoms with E-state index < -0.39 is 0 Å². The van der Waals surface area contributed by atoms with Crippen molar-refractivity contribution in [3.63, 3.8) is 0 Å². The van der Waals surface area contributed by atoms with Crippen molar-refractivity contribution in [2.75, 3.05) is 12.4 Å². The van der Waals surface area contributed by atoms with Crippen LogP contribution >= 0.6 is 0 Å². The summed E-state index contributed by atoms with van der Waals surface area (Å²) >= 11 is 0. The molecule has 0 fully saturated rings. The fourth-order valence-electron chi connectivity index (χ4n) is 2.54. The second-order valence-electron chi connectivity index (χ2n) is 8.49. The van der Waals surface area contributed by atoms with Gasteiger partial charge in [0.1, 0.15) is 0 Å². The molecule has 25 heavy (non-hydrogen) atoms. The lowest BCUT2D eigenvalue weighted by Gasteiger charge is -2.26. The van der Waals surface area contributed by atoms with Gasteiger partial charge in [-0.05, 0) is 58.4 Å². The Labute approximate surface area is 151 Å². The number of hydrogen-bond acceptors (Lipinski definition) is 3. The van der Waals surface area contributed by atoms with E-state index in [-0.39, 0.29) is 16.8 Å². The number of carbonyl (C=O) groups is 1. The van der Waals surface area contributed by atoms with E-state index in [2.05, 4.69) is 65.1 Å². The first-order valence-electron chi connectivity index (χ1n) is 8.62. The molecular formula is C22H29NO2. The molecule has 0 aromatic heterocycles. The molecule has 0 atom stereocenters. The zero-order valence-electron chi connectivity index (χ0n) is 16.4. The molecule has 3 heteroatoms. The van der Waals surface area contributed by atoms with Gasteiger partial charge in [0.2, 0.25) is 0 Å². The summed E-state index contributed by atoms with van der Waals surface area (Å²) in [7, 11) is 1.39. The van der Waals surface area contributed by atoms with Crippen LogP contribution in [0.25, 0.3) is 0 Å². The standard InChI is InChI=1S/C22H29NO2/c1-21(2,3)16-12-17(22(4,5)6)14-19(13-16)23-18-10-8-15(9-11-18)20(24)25-7/h8-14,23H,1-7H3. The highest BCUT2D eigenvalue weighted by Crippen LogP contribution is 2.33. The lowest BCUT2D eigenvalue weighted by Crippen LogP contribution is -2.16. The molecule has 0 saturated carbocycles. The molecule has 0 saturated heterocycles. The van der Waals surface area contributed by atoms with Crippen LogP contribution in [0.2, 0.25) is 0 Å². The lowest BCUT2D eigenvalue weighted by atomic mass is 9.80. The molecular weight excluding hydrogens is 310 g/mol. The van der Waals surface area contributed by atoms with Crippen LogP contribution in [0.5, 0.6) is 0 Å². The maximum atomic E-state index is 11.6. The summed E-state index contributed by atoms with van der Waals surface area (Å²) in [4.78, 5) is 11.6. The molecule has 0 heterocycles. The third-order valence-electron chi connectivity index (χ3n) is 4.26. The minimum atomic E-state index is -0.323. The third-order valence-corrected chi connectivity index (χ3v) is 4.26. The van der Waals surface area contributed by atoms with Gasteiger partial charge in [0.15, 0.2) is 0 Å². The maximum absolute atomic E-state index is 11.6. The number of esters is 1. The first-order chi connectivity index (χ1) is 11.5. The lowest BCUT2D eigenvalue weighted by molar-refractivity contribution is 0.0601. The normalized spacial score (nSPS) is 12.0. The number of anilines is 2. The molecule has 0 spiro atoms. The molecule has 0 amide bonds. The van der Waals surface area contributed by atoms with Gasteiger partial charge in [-0.15, -0.1) is 0 Å². The van der Waals surface area contributed by atoms with Crippen LogP contribution in [0.3, 0.4) is 0 Å². The molecule has 0 unspecified atom stereocenters. The van der Waals surface area contributed by atoms with Crippen molar-refractivity contribution in [3.8, 4) is 0 Å². The van der Waals surface area contributed by atoms with Gasteiger partial charge in [-0.25, -0.2) is 4.79 Å². The topological polar surface area (TPSA) is 38.3 Å². The summed E-state index contributed by atoms with van der Waals surface area (Å²) in [6.07, 6.45) is 0. The van der Waals surface area contributed by atoms with Crippen LogP contribution in [0.1, 0.15) is 63.0 Å². The van der Waals surface area contributed by atoms with Crippen LogP contribution < -0.4 is 5.32 Å². The molecule has 2 aromatic carbocycles. The van der Waals surface area contributed by atoms with E-state index in [9.17, 15) is 4.79 Å². The van der Waals surface area contributed by atoms with Gasteiger partial charge in [-0.2, -0.15) is 0 Å². The number of carbonyl (C=O) groups excluding carboxylic acids is 1. The van der Waals surface area contributed by atoms with Crippen molar-refractivity contribution in [1.82, 2.24) is 0 Å². The number of hydrogen-bond donors (Lipinski definition) is 1. The molecule has 2 rings (SSSR count). The Hall–Kier alpha value is -2.29. The van der Waals surface area contributed by atoms with E-state index in [1.54, 1.807) is 12.1 Å². The summed E-state index contributed by atoms with van der Waals surface area (Å²) in [5.74, 6) is -0.323. The largest absolute Gasteiger partial charge is 0.465 e. The number of ether oxygens (including phenoxy) is 1. The van der Waals surface area contributed by atoms with E-state index in [4.69, 9.17) is 4.74 Å². The fourth-order valence-corrected chi connectivity index (χ4v) is 2.54. The van der Waals surface area contributed by atoms with Crippen LogP contribution in [-0.2, 0) is 15.6 Å². The maximum Gasteiger partial charge on any atom is 0.337 e. The summed E-state index contributed by atoms with van der Waals surface area (Å²) < 4.78 is 4.74. The Balaban J connectivity index is 2.37. The highest BCUT2D eigenvalue weighted by Gasteiger charge is 2.20. The van der Waals surface area contributed by atoms with E-state index in [1.807, 2.05) is 12.1 Å². The Morgan fingerprint density at radius 1 is 0.800 bits per heavy atom. The predicted octanol–water partition coefficient (Wildman–Crippen LogP) is 5.81. The summed E-state index contributed by atoms with van der Waals surface area (Å²) in [6.45, 7) is 13.4. The van der Waals surface area contributed by atoms with Gasteiger partial charge in [0.25, 0.3) is 0 Å². The summed E-state index contributed by atoms with van der Waals surface area (Å²) in [6, 6.07) is 14.0. The van der Waals surface area contributed by atoms with Crippen molar-refractivity contribution < 1.29 is 9.53 Å². The minimum absolute atomic E-state index is 0.0758. The predicted molar refractivity (Wildman–Crippen MR) is 105 cm³/mol. The third kappa shape index (κ3) is 4.85. The number of nitrogens with one attached hydrogen (secondary N) is 1. The number of methoxy groups -OCH3 is 1. The molecule has 0 radical (unpaired) electrons. The Morgan fingerprint density at radius 2 is 1.28 bits per heavy atom. The molecule has 0 aliphatic heterocycles. The molecule has 0 aliphatic rings. The smallest absolute Gasteiger partial charge is 0.337 e. The summed E-state index contributed by atoms with van der Waals surface area (Å²) in [5, 5.41) is 3.46. The van der Waals surface area contributed by atoms with Gasteiger partial charge >= 0.3 is 5.97 Å². The van der Waals surface area contributed by atoms with Gasteiger partial charge in [-0.1, -0.05) is 47.6 Å². The average molecular weight is 339 g/mol. The monoisotopic (exact) mass is 339 g/mol. The van der Waals surface area contributed by atoms with Gasteiger partial charge < -0.3 is 10.1 Å². The number of benzene rings is 2. The van der Waals surface area contributed by atoms with Gasteiger partial charge in [0.05, 0.1) is 12.7 Å². The highest BCUT2D eigenvalue weighted by atomic mass is 16.5. The first-order valence-corrected chi connectivity index (χ1v) is 8.62. The molecule has 2 aromatic rings. The van der Waals surface area contributed by atoms with E-state index in [1.165, 1.54) is 18.2 Å². The second kappa shape index (κ2) is 6.91. The second-order valence-corrected chi connectivity index (χ2v) is 8.49. The first kappa shape index (κ1) is 19.0. The van der Waals surface area contributed by atoms with E-state index in [0.29, 0.717) is 5.56 Å². The Morgan fingerprint density at radius 3 is 1.68 bits per heavy atom. The molecule has 0 aliphatic carbocycles. The number of rotatable bonds is 3. The van der Waals surface area contributed by atoms with Gasteiger partial charge in [-0.3, -0.25) is 0 Å². The average Bonchev–Trinajstić information content (AvgIpc) is 2.53. The summed E-state index contributed by atoms with van der Waals surface area (Å²) in [5.41, 5.74) is 5.30. The van der Waals surface area contributed by atoms with Crippen molar-refractivity contribution in [3.05, 3.63) is 59.2 Å². The fraction of sp³-hybridized carbons (Fsp3) is 0.409. The Kier molecular flexibility index (Phi) is 5.26. The van der Waals surface area contributed by atoms with Crippen molar-refractivity contribution in [2.45, 2.75) is 52.4 Å².